The number of thioether (sulfide) groups is 1. The van der Waals surface area contributed by atoms with Crippen LogP contribution in [-0.2, 0) is 11.2 Å². The summed E-state index contributed by atoms with van der Waals surface area (Å²) in [4.78, 5) is 24.4. The summed E-state index contributed by atoms with van der Waals surface area (Å²) in [7, 11) is 0. The van der Waals surface area contributed by atoms with Gasteiger partial charge in [0.1, 0.15) is 12.2 Å². The molecule has 0 aliphatic heterocycles. The maximum atomic E-state index is 12.6. The first-order chi connectivity index (χ1) is 10.9. The lowest BCUT2D eigenvalue weighted by atomic mass is 10.1. The van der Waals surface area contributed by atoms with Crippen LogP contribution in [0.4, 0.5) is 5.69 Å². The van der Waals surface area contributed by atoms with Crippen molar-refractivity contribution in [1.82, 2.24) is 0 Å². The summed E-state index contributed by atoms with van der Waals surface area (Å²) in [5.41, 5.74) is 1.61. The number of rotatable bonds is 6. The largest absolute Gasteiger partial charge is 0.481 e. The number of benzene rings is 1. The summed E-state index contributed by atoms with van der Waals surface area (Å²) in [6.07, 6.45) is 1.08. The molecule has 2 rings (SSSR count). The van der Waals surface area contributed by atoms with E-state index in [4.69, 9.17) is 9.52 Å². The molecule has 1 aromatic heterocycles. The van der Waals surface area contributed by atoms with Crippen LogP contribution in [0.25, 0.3) is 0 Å². The van der Waals surface area contributed by atoms with Crippen molar-refractivity contribution >= 4 is 29.3 Å². The molecule has 0 unspecified atom stereocenters. The molecule has 0 atom stereocenters. The molecule has 0 aliphatic rings. The Balaban J connectivity index is 2.27. The minimum absolute atomic E-state index is 0.168. The van der Waals surface area contributed by atoms with Gasteiger partial charge >= 0.3 is 5.97 Å². The van der Waals surface area contributed by atoms with Gasteiger partial charge in [0.25, 0.3) is 5.91 Å². The molecule has 0 saturated heterocycles. The highest BCUT2D eigenvalue weighted by Gasteiger charge is 2.21. The van der Waals surface area contributed by atoms with Crippen molar-refractivity contribution < 1.29 is 19.1 Å². The van der Waals surface area contributed by atoms with E-state index < -0.39 is 5.97 Å². The van der Waals surface area contributed by atoms with Gasteiger partial charge in [-0.3, -0.25) is 9.59 Å². The number of aliphatic carboxylic acids is 1. The third-order valence-electron chi connectivity index (χ3n) is 3.09. The summed E-state index contributed by atoms with van der Waals surface area (Å²) >= 11 is 1.65. The smallest absolute Gasteiger partial charge is 0.311 e. The van der Waals surface area contributed by atoms with E-state index in [9.17, 15) is 9.59 Å². The molecule has 0 aliphatic carbocycles. The van der Waals surface area contributed by atoms with Gasteiger partial charge in [-0.25, -0.2) is 0 Å². The molecule has 0 radical (unpaired) electrons. The highest BCUT2D eigenvalue weighted by atomic mass is 32.2. The zero-order valence-corrected chi connectivity index (χ0v) is 14.1. The fourth-order valence-electron chi connectivity index (χ4n) is 2.18. The van der Waals surface area contributed by atoms with Gasteiger partial charge in [-0.2, -0.15) is 0 Å². The second-order valence-electron chi connectivity index (χ2n) is 5.40. The molecule has 1 heterocycles. The van der Waals surface area contributed by atoms with Crippen LogP contribution in [0.15, 0.2) is 39.8 Å². The molecule has 6 heteroatoms. The maximum absolute atomic E-state index is 12.6. The zero-order chi connectivity index (χ0) is 17.0. The molecular formula is C17H19NO4S. The molecule has 1 amide bonds. The number of carboxylic acids is 1. The first kappa shape index (κ1) is 17.1. The third-order valence-corrected chi connectivity index (χ3v) is 4.17. The highest BCUT2D eigenvalue weighted by molar-refractivity contribution is 8.00. The lowest BCUT2D eigenvalue weighted by Gasteiger charge is -2.12. The van der Waals surface area contributed by atoms with Gasteiger partial charge in [-0.05, 0) is 19.1 Å². The predicted molar refractivity (Wildman–Crippen MR) is 90.2 cm³/mol. The second kappa shape index (κ2) is 7.37. The molecule has 0 fully saturated rings. The van der Waals surface area contributed by atoms with Gasteiger partial charge < -0.3 is 14.8 Å². The predicted octanol–water partition coefficient (Wildman–Crippen LogP) is 3.97. The van der Waals surface area contributed by atoms with Crippen LogP contribution in [0.3, 0.4) is 0 Å². The topological polar surface area (TPSA) is 79.5 Å². The fourth-order valence-corrected chi connectivity index (χ4v) is 3.09. The van der Waals surface area contributed by atoms with Crippen LogP contribution >= 0.6 is 11.8 Å². The molecule has 2 N–H and O–H groups in total. The molecule has 23 heavy (non-hydrogen) atoms. The van der Waals surface area contributed by atoms with Crippen molar-refractivity contribution in [2.24, 2.45) is 0 Å². The van der Waals surface area contributed by atoms with Crippen LogP contribution in [-0.4, -0.2) is 22.2 Å². The SMILES string of the molecule is Cc1coc(CC(=O)O)c1C(=O)Nc1ccccc1SC(C)C. The monoisotopic (exact) mass is 333 g/mol. The molecule has 0 spiro atoms. The van der Waals surface area contributed by atoms with Crippen LogP contribution < -0.4 is 5.32 Å². The van der Waals surface area contributed by atoms with Gasteiger partial charge in [-0.15, -0.1) is 11.8 Å². The quantitative estimate of drug-likeness (QED) is 0.782. The summed E-state index contributed by atoms with van der Waals surface area (Å²) in [5, 5.41) is 12.2. The Bertz CT molecular complexity index is 721. The summed E-state index contributed by atoms with van der Waals surface area (Å²) in [6, 6.07) is 7.54. The Hall–Kier alpha value is -2.21. The molecule has 122 valence electrons. The van der Waals surface area contributed by atoms with Crippen LogP contribution in [0.2, 0.25) is 0 Å². The number of para-hydroxylation sites is 1. The van der Waals surface area contributed by atoms with Crippen molar-refractivity contribution in [1.29, 1.82) is 0 Å². The van der Waals surface area contributed by atoms with E-state index in [1.807, 2.05) is 24.3 Å². The summed E-state index contributed by atoms with van der Waals surface area (Å²) in [6.45, 7) is 5.88. The van der Waals surface area contributed by atoms with Crippen molar-refractivity contribution in [3.63, 3.8) is 0 Å². The molecule has 2 aromatic rings. The average molecular weight is 333 g/mol. The van der Waals surface area contributed by atoms with E-state index >= 15 is 0 Å². The fraction of sp³-hybridized carbons (Fsp3) is 0.294. The van der Waals surface area contributed by atoms with Gasteiger partial charge in [0.2, 0.25) is 0 Å². The van der Waals surface area contributed by atoms with E-state index in [1.54, 1.807) is 18.7 Å². The van der Waals surface area contributed by atoms with Crippen LogP contribution in [0, 0.1) is 6.92 Å². The van der Waals surface area contributed by atoms with E-state index in [0.29, 0.717) is 16.5 Å². The first-order valence-corrected chi connectivity index (χ1v) is 8.12. The highest BCUT2D eigenvalue weighted by Crippen LogP contribution is 2.31. The van der Waals surface area contributed by atoms with Crippen molar-refractivity contribution in [2.45, 2.75) is 37.3 Å². The number of carboxylic acid groups (broad SMARTS) is 1. The Kier molecular flexibility index (Phi) is 5.50. The van der Waals surface area contributed by atoms with Crippen molar-refractivity contribution in [3.8, 4) is 0 Å². The van der Waals surface area contributed by atoms with Crippen LogP contribution in [0.1, 0.15) is 35.5 Å². The number of carbonyl (C=O) groups is 2. The number of hydrogen-bond acceptors (Lipinski definition) is 4. The molecule has 1 aromatic carbocycles. The van der Waals surface area contributed by atoms with E-state index in [0.717, 1.165) is 4.90 Å². The average Bonchev–Trinajstić information content (AvgIpc) is 2.80. The molecular weight excluding hydrogens is 314 g/mol. The standard InChI is InChI=1S/C17H19NO4S/c1-10(2)23-14-7-5-4-6-12(14)18-17(21)16-11(3)9-22-13(16)8-15(19)20/h4-7,9-10H,8H2,1-3H3,(H,18,21)(H,19,20). The molecule has 0 bridgehead atoms. The summed E-state index contributed by atoms with van der Waals surface area (Å²) < 4.78 is 5.21. The van der Waals surface area contributed by atoms with E-state index in [-0.39, 0.29) is 23.7 Å². The Morgan fingerprint density at radius 1 is 1.30 bits per heavy atom. The second-order valence-corrected chi connectivity index (χ2v) is 7.02. The Labute approximate surface area is 139 Å². The minimum Gasteiger partial charge on any atom is -0.481 e. The molecule has 5 nitrogen and oxygen atoms in total. The first-order valence-electron chi connectivity index (χ1n) is 7.24. The number of carbonyl (C=O) groups excluding carboxylic acids is 1. The van der Waals surface area contributed by atoms with Crippen LogP contribution in [0.5, 0.6) is 0 Å². The Morgan fingerprint density at radius 3 is 2.65 bits per heavy atom. The van der Waals surface area contributed by atoms with Crippen molar-refractivity contribution in [3.05, 3.63) is 47.4 Å². The number of amides is 1. The number of anilines is 1. The lowest BCUT2D eigenvalue weighted by molar-refractivity contribution is -0.136. The number of furan rings is 1. The molecule has 0 saturated carbocycles. The Morgan fingerprint density at radius 2 is 2.00 bits per heavy atom. The number of hydrogen-bond donors (Lipinski definition) is 2. The van der Waals surface area contributed by atoms with Gasteiger partial charge in [-0.1, -0.05) is 26.0 Å². The summed E-state index contributed by atoms with van der Waals surface area (Å²) in [5.74, 6) is -1.23. The van der Waals surface area contributed by atoms with Crippen molar-refractivity contribution in [2.75, 3.05) is 5.32 Å². The number of aryl methyl sites for hydroxylation is 1. The lowest BCUT2D eigenvalue weighted by Crippen LogP contribution is -2.16. The van der Waals surface area contributed by atoms with E-state index in [1.165, 1.54) is 6.26 Å². The maximum Gasteiger partial charge on any atom is 0.311 e. The number of nitrogens with one attached hydrogen (secondary N) is 1. The normalized spacial score (nSPS) is 10.8. The zero-order valence-electron chi connectivity index (χ0n) is 13.3. The van der Waals surface area contributed by atoms with Gasteiger partial charge in [0, 0.05) is 15.7 Å². The van der Waals surface area contributed by atoms with Gasteiger partial charge in [0.05, 0.1) is 17.5 Å². The minimum atomic E-state index is -1.04. The van der Waals surface area contributed by atoms with E-state index in [2.05, 4.69) is 19.2 Å². The van der Waals surface area contributed by atoms with Gasteiger partial charge in [0.15, 0.2) is 0 Å². The third kappa shape index (κ3) is 4.39.